The van der Waals surface area contributed by atoms with Gasteiger partial charge < -0.3 is 4.42 Å². The first-order valence-corrected chi connectivity index (χ1v) is 9.84. The largest absolute Gasteiger partial charge is 0.440 e. The lowest BCUT2D eigenvalue weighted by molar-refractivity contribution is 0.502. The van der Waals surface area contributed by atoms with E-state index in [1.54, 1.807) is 36.4 Å². The quantitative estimate of drug-likeness (QED) is 0.673. The van der Waals surface area contributed by atoms with E-state index in [1.165, 1.54) is 12.1 Å². The number of halogens is 1. The van der Waals surface area contributed by atoms with Crippen molar-refractivity contribution < 1.29 is 17.2 Å². The molecule has 1 heterocycles. The molecule has 0 N–H and O–H groups in total. The highest BCUT2D eigenvalue weighted by molar-refractivity contribution is 7.90. The van der Waals surface area contributed by atoms with E-state index in [-0.39, 0.29) is 10.7 Å². The molecule has 0 radical (unpaired) electrons. The zero-order valence-corrected chi connectivity index (χ0v) is 14.8. The van der Waals surface area contributed by atoms with Gasteiger partial charge in [0.1, 0.15) is 11.5 Å². The van der Waals surface area contributed by atoms with Gasteiger partial charge in [-0.1, -0.05) is 19.1 Å². The van der Waals surface area contributed by atoms with Crippen molar-refractivity contribution in [2.45, 2.75) is 24.7 Å². The number of hydrogen-bond acceptors (Lipinski definition) is 4. The summed E-state index contributed by atoms with van der Waals surface area (Å²) in [5.41, 5.74) is 1.64. The summed E-state index contributed by atoms with van der Waals surface area (Å²) >= 11 is 0. The minimum absolute atomic E-state index is 0.178. The van der Waals surface area contributed by atoms with Crippen molar-refractivity contribution in [2.75, 3.05) is 6.26 Å². The van der Waals surface area contributed by atoms with Gasteiger partial charge in [0.25, 0.3) is 0 Å². The van der Waals surface area contributed by atoms with Crippen LogP contribution in [0.25, 0.3) is 22.6 Å². The first kappa shape index (κ1) is 17.4. The van der Waals surface area contributed by atoms with E-state index < -0.39 is 9.84 Å². The summed E-state index contributed by atoms with van der Waals surface area (Å²) in [7, 11) is -3.44. The molecule has 0 saturated heterocycles. The molecule has 3 aromatic rings. The predicted molar refractivity (Wildman–Crippen MR) is 94.4 cm³/mol. The summed E-state index contributed by atoms with van der Waals surface area (Å²) < 4.78 is 43.4. The lowest BCUT2D eigenvalue weighted by Crippen LogP contribution is -1.99. The predicted octanol–water partition coefficient (Wildman–Crippen LogP) is 4.50. The highest BCUT2D eigenvalue weighted by Crippen LogP contribution is 2.36. The number of oxazole rings is 1. The normalized spacial score (nSPS) is 11.6. The highest BCUT2D eigenvalue weighted by atomic mass is 32.2. The van der Waals surface area contributed by atoms with Crippen LogP contribution in [0.2, 0.25) is 0 Å². The van der Waals surface area contributed by atoms with Gasteiger partial charge >= 0.3 is 0 Å². The lowest BCUT2D eigenvalue weighted by Gasteiger charge is -2.07. The second kappa shape index (κ2) is 6.80. The van der Waals surface area contributed by atoms with Gasteiger partial charge in [-0.3, -0.25) is 0 Å². The number of aromatic nitrogens is 1. The first-order valence-electron chi connectivity index (χ1n) is 7.95. The van der Waals surface area contributed by atoms with Gasteiger partial charge in [0.15, 0.2) is 21.5 Å². The van der Waals surface area contributed by atoms with Gasteiger partial charge in [-0.2, -0.15) is 0 Å². The molecule has 0 aliphatic heterocycles. The van der Waals surface area contributed by atoms with E-state index in [4.69, 9.17) is 4.42 Å². The molecule has 6 heteroatoms. The summed E-state index contributed by atoms with van der Waals surface area (Å²) in [5.74, 6) is 0.565. The van der Waals surface area contributed by atoms with Crippen LogP contribution in [0.5, 0.6) is 0 Å². The first-order chi connectivity index (χ1) is 11.9. The Kier molecular flexibility index (Phi) is 4.72. The third-order valence-corrected chi connectivity index (χ3v) is 4.94. The van der Waals surface area contributed by atoms with Gasteiger partial charge in [-0.05, 0) is 42.8 Å². The zero-order valence-electron chi connectivity index (χ0n) is 14.0. The van der Waals surface area contributed by atoms with E-state index >= 15 is 0 Å². The number of nitrogens with zero attached hydrogens (tertiary/aromatic N) is 1. The van der Waals surface area contributed by atoms with Gasteiger partial charge in [0.05, 0.1) is 4.90 Å². The van der Waals surface area contributed by atoms with Crippen LogP contribution in [0.3, 0.4) is 0 Å². The summed E-state index contributed by atoms with van der Waals surface area (Å²) in [4.78, 5) is 4.69. The maximum atomic E-state index is 13.2. The van der Waals surface area contributed by atoms with E-state index in [1.807, 2.05) is 6.92 Å². The van der Waals surface area contributed by atoms with Crippen molar-refractivity contribution in [3.63, 3.8) is 0 Å². The zero-order chi connectivity index (χ0) is 18.0. The molecule has 0 aliphatic rings. The van der Waals surface area contributed by atoms with Crippen LogP contribution in [0.15, 0.2) is 57.8 Å². The van der Waals surface area contributed by atoms with Gasteiger partial charge in [-0.15, -0.1) is 0 Å². The van der Waals surface area contributed by atoms with Crippen LogP contribution >= 0.6 is 0 Å². The Balaban J connectivity index is 2.24. The van der Waals surface area contributed by atoms with Crippen molar-refractivity contribution in [1.29, 1.82) is 0 Å². The molecule has 0 saturated carbocycles. The Morgan fingerprint density at radius 3 is 2.40 bits per heavy atom. The minimum atomic E-state index is -3.44. The molecule has 0 bridgehead atoms. The minimum Gasteiger partial charge on any atom is -0.440 e. The van der Waals surface area contributed by atoms with Gasteiger partial charge in [-0.25, -0.2) is 17.8 Å². The number of benzene rings is 2. The summed E-state index contributed by atoms with van der Waals surface area (Å²) in [6.45, 7) is 2.01. The Bertz CT molecular complexity index is 992. The Hall–Kier alpha value is -2.47. The topological polar surface area (TPSA) is 60.2 Å². The van der Waals surface area contributed by atoms with Crippen LogP contribution < -0.4 is 0 Å². The van der Waals surface area contributed by atoms with Crippen molar-refractivity contribution in [1.82, 2.24) is 4.98 Å². The molecule has 0 unspecified atom stereocenters. The van der Waals surface area contributed by atoms with Crippen LogP contribution in [-0.4, -0.2) is 19.7 Å². The number of sulfone groups is 1. The molecule has 2 aromatic carbocycles. The van der Waals surface area contributed by atoms with Gasteiger partial charge in [0, 0.05) is 23.8 Å². The second-order valence-electron chi connectivity index (χ2n) is 5.81. The van der Waals surface area contributed by atoms with Crippen LogP contribution in [0.4, 0.5) is 4.39 Å². The third-order valence-electron chi connectivity index (χ3n) is 3.78. The molecule has 4 nitrogen and oxygen atoms in total. The molecule has 0 aliphatic carbocycles. The summed E-state index contributed by atoms with van der Waals surface area (Å²) in [5, 5.41) is 0. The van der Waals surface area contributed by atoms with Crippen molar-refractivity contribution in [3.05, 3.63) is 60.2 Å². The molecule has 0 spiro atoms. The molecule has 130 valence electrons. The van der Waals surface area contributed by atoms with E-state index in [2.05, 4.69) is 4.98 Å². The fourth-order valence-electron chi connectivity index (χ4n) is 2.65. The number of rotatable bonds is 5. The number of hydrogen-bond donors (Lipinski definition) is 0. The lowest BCUT2D eigenvalue weighted by atomic mass is 10.1. The molecule has 0 amide bonds. The molecule has 3 rings (SSSR count). The molecule has 0 fully saturated rings. The SMILES string of the molecule is CCCc1nc(-c2ccc(F)cc2)c(-c2ccccc2S(C)(=O)=O)o1. The molecule has 25 heavy (non-hydrogen) atoms. The fraction of sp³-hybridized carbons (Fsp3) is 0.211. The Morgan fingerprint density at radius 1 is 1.08 bits per heavy atom. The number of aryl methyl sites for hydroxylation is 1. The van der Waals surface area contributed by atoms with Crippen LogP contribution in [-0.2, 0) is 16.3 Å². The molecular weight excluding hydrogens is 341 g/mol. The average Bonchev–Trinajstić information content (AvgIpc) is 2.99. The highest BCUT2D eigenvalue weighted by Gasteiger charge is 2.22. The van der Waals surface area contributed by atoms with Crippen molar-refractivity contribution in [3.8, 4) is 22.6 Å². The van der Waals surface area contributed by atoms with E-state index in [0.29, 0.717) is 34.9 Å². The summed E-state index contributed by atoms with van der Waals surface area (Å²) in [6, 6.07) is 12.6. The molecule has 0 atom stereocenters. The van der Waals surface area contributed by atoms with Crippen LogP contribution in [0.1, 0.15) is 19.2 Å². The van der Waals surface area contributed by atoms with E-state index in [9.17, 15) is 12.8 Å². The summed E-state index contributed by atoms with van der Waals surface area (Å²) in [6.07, 6.45) is 2.64. The standard InChI is InChI=1S/C19H18FNO3S/c1-3-6-17-21-18(13-9-11-14(20)12-10-13)19(24-17)15-7-4-5-8-16(15)25(2,22)23/h4-5,7-12H,3,6H2,1-2H3. The molecular formula is C19H18FNO3S. The van der Waals surface area contributed by atoms with Crippen molar-refractivity contribution in [2.24, 2.45) is 0 Å². The monoisotopic (exact) mass is 359 g/mol. The van der Waals surface area contributed by atoms with E-state index in [0.717, 1.165) is 12.7 Å². The van der Waals surface area contributed by atoms with Crippen molar-refractivity contribution >= 4 is 9.84 Å². The van der Waals surface area contributed by atoms with Crippen LogP contribution in [0, 0.1) is 5.82 Å². The Labute approximate surface area is 146 Å². The Morgan fingerprint density at radius 2 is 1.76 bits per heavy atom. The second-order valence-corrected chi connectivity index (χ2v) is 7.79. The third kappa shape index (κ3) is 3.64. The fourth-order valence-corrected chi connectivity index (χ4v) is 3.53. The van der Waals surface area contributed by atoms with Gasteiger partial charge in [0.2, 0.25) is 0 Å². The smallest absolute Gasteiger partial charge is 0.195 e. The maximum absolute atomic E-state index is 13.2. The molecule has 1 aromatic heterocycles. The maximum Gasteiger partial charge on any atom is 0.195 e. The average molecular weight is 359 g/mol.